The monoisotopic (exact) mass is 763 g/mol. The van der Waals surface area contributed by atoms with E-state index in [4.69, 9.17) is 0 Å². The molecule has 60 heavy (non-hydrogen) atoms. The van der Waals surface area contributed by atoms with Crippen LogP contribution in [0.3, 0.4) is 0 Å². The van der Waals surface area contributed by atoms with Gasteiger partial charge in [-0.3, -0.25) is 0 Å². The second-order valence-corrected chi connectivity index (χ2v) is 16.5. The standard InChI is InChI=1S/C59H41N/c1-58(41-20-5-2-6-21-41)53-31-17-15-28-48(53)50-35-33-45(39-56(50)58)60(57-37-40-19-11-12-26-46(40)47-27-13-14-30-51(47)57)44-34-36-55-52(38-44)49-29-16-18-32-54(49)59(55,42-22-7-3-8-23-42)43-24-9-4-10-25-43/h2-39H,1H3. The fourth-order valence-corrected chi connectivity index (χ4v) is 10.9. The molecule has 0 amide bonds. The second-order valence-electron chi connectivity index (χ2n) is 16.5. The van der Waals surface area contributed by atoms with E-state index in [-0.39, 0.29) is 5.41 Å². The maximum absolute atomic E-state index is 2.53. The number of fused-ring (bicyclic) bond motifs is 9. The molecule has 2 aliphatic rings. The maximum atomic E-state index is 2.53. The molecule has 0 aliphatic heterocycles. The van der Waals surface area contributed by atoms with Gasteiger partial charge in [-0.05, 0) is 115 Å². The smallest absolute Gasteiger partial charge is 0.0713 e. The summed E-state index contributed by atoms with van der Waals surface area (Å²) < 4.78 is 0. The van der Waals surface area contributed by atoms with Gasteiger partial charge in [0.2, 0.25) is 0 Å². The van der Waals surface area contributed by atoms with Crippen molar-refractivity contribution in [1.82, 2.24) is 0 Å². The third-order valence-electron chi connectivity index (χ3n) is 13.6. The van der Waals surface area contributed by atoms with Crippen LogP contribution in [0.2, 0.25) is 0 Å². The van der Waals surface area contributed by atoms with Crippen molar-refractivity contribution in [3.05, 3.63) is 269 Å². The summed E-state index contributed by atoms with van der Waals surface area (Å²) in [6, 6.07) is 85.8. The van der Waals surface area contributed by atoms with Crippen LogP contribution in [0.25, 0.3) is 43.8 Å². The molecular formula is C59H41N. The Morgan fingerprint density at radius 2 is 0.800 bits per heavy atom. The van der Waals surface area contributed by atoms with E-state index in [9.17, 15) is 0 Å². The van der Waals surface area contributed by atoms with Crippen molar-refractivity contribution < 1.29 is 0 Å². The maximum Gasteiger partial charge on any atom is 0.0713 e. The van der Waals surface area contributed by atoms with Gasteiger partial charge in [0.1, 0.15) is 0 Å². The molecule has 10 aromatic rings. The van der Waals surface area contributed by atoms with Crippen LogP contribution in [0.5, 0.6) is 0 Å². The van der Waals surface area contributed by atoms with Crippen molar-refractivity contribution in [1.29, 1.82) is 0 Å². The number of hydrogen-bond acceptors (Lipinski definition) is 1. The summed E-state index contributed by atoms with van der Waals surface area (Å²) in [7, 11) is 0. The first-order chi connectivity index (χ1) is 29.7. The van der Waals surface area contributed by atoms with Crippen LogP contribution >= 0.6 is 0 Å². The number of anilines is 3. The van der Waals surface area contributed by atoms with Gasteiger partial charge in [0.05, 0.1) is 11.1 Å². The molecule has 0 spiro atoms. The molecule has 0 saturated heterocycles. The summed E-state index contributed by atoms with van der Waals surface area (Å²) >= 11 is 0. The molecule has 10 aromatic carbocycles. The van der Waals surface area contributed by atoms with E-state index in [0.717, 1.165) is 17.1 Å². The van der Waals surface area contributed by atoms with Gasteiger partial charge in [0.15, 0.2) is 0 Å². The summed E-state index contributed by atoms with van der Waals surface area (Å²) in [5, 5.41) is 4.94. The van der Waals surface area contributed by atoms with Crippen molar-refractivity contribution in [2.75, 3.05) is 4.90 Å². The lowest BCUT2D eigenvalue weighted by molar-refractivity contribution is 0.714. The average Bonchev–Trinajstić information content (AvgIpc) is 3.77. The molecule has 0 fully saturated rings. The lowest BCUT2D eigenvalue weighted by Gasteiger charge is -2.34. The number of benzene rings is 10. The van der Waals surface area contributed by atoms with Gasteiger partial charge >= 0.3 is 0 Å². The molecule has 282 valence electrons. The Bertz CT molecular complexity index is 3240. The third kappa shape index (κ3) is 4.81. The molecule has 0 bridgehead atoms. The highest BCUT2D eigenvalue weighted by atomic mass is 15.1. The van der Waals surface area contributed by atoms with Crippen LogP contribution in [-0.4, -0.2) is 0 Å². The molecule has 0 aromatic heterocycles. The zero-order valence-corrected chi connectivity index (χ0v) is 33.4. The number of rotatable bonds is 6. The van der Waals surface area contributed by atoms with Gasteiger partial charge in [-0.2, -0.15) is 0 Å². The minimum Gasteiger partial charge on any atom is -0.310 e. The zero-order valence-electron chi connectivity index (χ0n) is 33.4. The SMILES string of the molecule is CC1(c2ccccc2)c2ccccc2-c2ccc(N(c3ccc4c(c3)-c3ccccc3C4(c3ccccc3)c3ccccc3)c3cc4ccccc4c4ccccc34)cc21. The van der Waals surface area contributed by atoms with Gasteiger partial charge in [-0.1, -0.05) is 200 Å². The fraction of sp³-hybridized carbons (Fsp3) is 0.0508. The molecule has 1 atom stereocenters. The van der Waals surface area contributed by atoms with E-state index in [1.165, 1.54) is 82.7 Å². The highest BCUT2D eigenvalue weighted by molar-refractivity contribution is 6.14. The molecule has 0 radical (unpaired) electrons. The summed E-state index contributed by atoms with van der Waals surface area (Å²) in [6.07, 6.45) is 0. The molecule has 2 aliphatic carbocycles. The van der Waals surface area contributed by atoms with E-state index >= 15 is 0 Å². The van der Waals surface area contributed by atoms with Crippen LogP contribution in [0.15, 0.2) is 231 Å². The van der Waals surface area contributed by atoms with E-state index in [1.807, 2.05) is 0 Å². The lowest BCUT2D eigenvalue weighted by Crippen LogP contribution is -2.28. The van der Waals surface area contributed by atoms with Crippen LogP contribution < -0.4 is 4.90 Å². The topological polar surface area (TPSA) is 3.24 Å². The molecule has 1 nitrogen and oxygen atoms in total. The van der Waals surface area contributed by atoms with Crippen LogP contribution in [0.4, 0.5) is 17.1 Å². The molecule has 0 heterocycles. The van der Waals surface area contributed by atoms with Crippen molar-refractivity contribution in [2.45, 2.75) is 17.8 Å². The molecule has 0 N–H and O–H groups in total. The number of hydrogen-bond donors (Lipinski definition) is 0. The molecular weight excluding hydrogens is 723 g/mol. The second kappa shape index (κ2) is 13.3. The Morgan fingerprint density at radius 1 is 0.317 bits per heavy atom. The first kappa shape index (κ1) is 34.6. The van der Waals surface area contributed by atoms with E-state index in [2.05, 4.69) is 242 Å². The average molecular weight is 764 g/mol. The zero-order chi connectivity index (χ0) is 39.8. The first-order valence-corrected chi connectivity index (χ1v) is 21.0. The van der Waals surface area contributed by atoms with Crippen molar-refractivity contribution in [2.24, 2.45) is 0 Å². The predicted molar refractivity (Wildman–Crippen MR) is 251 cm³/mol. The van der Waals surface area contributed by atoms with Crippen LogP contribution in [-0.2, 0) is 10.8 Å². The van der Waals surface area contributed by atoms with Gasteiger partial charge in [0, 0.05) is 22.2 Å². The summed E-state index contributed by atoms with van der Waals surface area (Å²) in [6.45, 7) is 2.41. The van der Waals surface area contributed by atoms with Crippen molar-refractivity contribution in [3.8, 4) is 22.3 Å². The molecule has 1 heteroatoms. The Hall–Kier alpha value is -7.48. The highest BCUT2D eigenvalue weighted by Gasteiger charge is 2.46. The van der Waals surface area contributed by atoms with Gasteiger partial charge in [-0.25, -0.2) is 0 Å². The summed E-state index contributed by atoms with van der Waals surface area (Å²) in [5.41, 5.74) is 16.9. The van der Waals surface area contributed by atoms with Crippen molar-refractivity contribution >= 4 is 38.6 Å². The van der Waals surface area contributed by atoms with Crippen LogP contribution in [0.1, 0.15) is 45.9 Å². The largest absolute Gasteiger partial charge is 0.310 e. The van der Waals surface area contributed by atoms with Crippen LogP contribution in [0, 0.1) is 0 Å². The fourth-order valence-electron chi connectivity index (χ4n) is 10.9. The number of nitrogens with zero attached hydrogens (tertiary/aromatic N) is 1. The lowest BCUT2D eigenvalue weighted by atomic mass is 9.68. The molecule has 12 rings (SSSR count). The Kier molecular flexibility index (Phi) is 7.65. The molecule has 0 saturated carbocycles. The Balaban J connectivity index is 1.15. The van der Waals surface area contributed by atoms with E-state index < -0.39 is 5.41 Å². The Morgan fingerprint density at radius 3 is 1.50 bits per heavy atom. The highest BCUT2D eigenvalue weighted by Crippen LogP contribution is 2.58. The molecule has 1 unspecified atom stereocenters. The van der Waals surface area contributed by atoms with E-state index in [1.54, 1.807) is 0 Å². The van der Waals surface area contributed by atoms with Gasteiger partial charge < -0.3 is 4.90 Å². The predicted octanol–water partition coefficient (Wildman–Crippen LogP) is 15.2. The van der Waals surface area contributed by atoms with Gasteiger partial charge in [0.25, 0.3) is 0 Å². The third-order valence-corrected chi connectivity index (χ3v) is 13.6. The minimum atomic E-state index is -0.468. The van der Waals surface area contributed by atoms with Gasteiger partial charge in [-0.15, -0.1) is 0 Å². The summed E-state index contributed by atoms with van der Waals surface area (Å²) in [4.78, 5) is 2.53. The minimum absolute atomic E-state index is 0.331. The van der Waals surface area contributed by atoms with E-state index in [0.29, 0.717) is 0 Å². The Labute approximate surface area is 351 Å². The van der Waals surface area contributed by atoms with Crippen molar-refractivity contribution in [3.63, 3.8) is 0 Å². The first-order valence-electron chi connectivity index (χ1n) is 21.0. The summed E-state index contributed by atoms with van der Waals surface area (Å²) in [5.74, 6) is 0. The normalized spacial score (nSPS) is 15.6. The quantitative estimate of drug-likeness (QED) is 0.152.